The first kappa shape index (κ1) is 9.06. The van der Waals surface area contributed by atoms with Crippen molar-refractivity contribution in [1.29, 1.82) is 0 Å². The van der Waals surface area contributed by atoms with Gasteiger partial charge in [-0.2, -0.15) is 0 Å². The summed E-state index contributed by atoms with van der Waals surface area (Å²) in [5.41, 5.74) is 1.42. The number of carbonyl (C=O) groups excluding carboxylic acids is 1. The highest BCUT2D eigenvalue weighted by Gasteiger charge is 2.04. The lowest BCUT2D eigenvalue weighted by Gasteiger charge is -2.12. The van der Waals surface area contributed by atoms with E-state index in [-0.39, 0.29) is 5.78 Å². The van der Waals surface area contributed by atoms with E-state index in [1.165, 1.54) is 24.8 Å². The van der Waals surface area contributed by atoms with E-state index < -0.39 is 0 Å². The summed E-state index contributed by atoms with van der Waals surface area (Å²) in [5, 5.41) is 0. The van der Waals surface area contributed by atoms with Gasteiger partial charge in [0.15, 0.2) is 0 Å². The van der Waals surface area contributed by atoms with Crippen LogP contribution in [0.25, 0.3) is 0 Å². The van der Waals surface area contributed by atoms with Crippen LogP contribution in [0.2, 0.25) is 0 Å². The molecule has 0 aliphatic heterocycles. The zero-order valence-electron chi connectivity index (χ0n) is 7.31. The largest absolute Gasteiger partial charge is 0.285 e. The van der Waals surface area contributed by atoms with E-state index in [2.05, 4.69) is 5.92 Å². The quantitative estimate of drug-likeness (QED) is 0.346. The summed E-state index contributed by atoms with van der Waals surface area (Å²) in [4.78, 5) is 10.8. The van der Waals surface area contributed by atoms with Crippen LogP contribution in [0, 0.1) is 12.3 Å². The van der Waals surface area contributed by atoms with Gasteiger partial charge in [-0.15, -0.1) is 6.42 Å². The third-order valence-corrected chi connectivity index (χ3v) is 2.23. The molecular formula is C11H14O. The van der Waals surface area contributed by atoms with Gasteiger partial charge in [0.1, 0.15) is 0 Å². The topological polar surface area (TPSA) is 17.1 Å². The molecule has 1 nitrogen and oxygen atoms in total. The molecular weight excluding hydrogens is 148 g/mol. The van der Waals surface area contributed by atoms with Crippen molar-refractivity contribution in [2.24, 2.45) is 0 Å². The van der Waals surface area contributed by atoms with Crippen LogP contribution >= 0.6 is 0 Å². The maximum absolute atomic E-state index is 10.8. The summed E-state index contributed by atoms with van der Waals surface area (Å²) >= 11 is 0. The zero-order valence-corrected chi connectivity index (χ0v) is 7.31. The molecule has 0 bridgehead atoms. The van der Waals surface area contributed by atoms with Crippen molar-refractivity contribution in [3.63, 3.8) is 0 Å². The molecule has 1 heteroatoms. The van der Waals surface area contributed by atoms with Crippen LogP contribution in [0.15, 0.2) is 11.6 Å². The molecule has 0 aromatic carbocycles. The number of terminal acetylenes is 1. The zero-order chi connectivity index (χ0) is 8.81. The molecule has 1 fully saturated rings. The van der Waals surface area contributed by atoms with Gasteiger partial charge >= 0.3 is 0 Å². The normalized spacial score (nSPS) is 16.8. The first-order valence-corrected chi connectivity index (χ1v) is 4.50. The van der Waals surface area contributed by atoms with Crippen molar-refractivity contribution >= 4 is 5.78 Å². The number of allylic oxidation sites excluding steroid dienone is 2. The van der Waals surface area contributed by atoms with E-state index in [1.807, 2.05) is 6.08 Å². The molecule has 1 aliphatic rings. The van der Waals surface area contributed by atoms with Crippen LogP contribution in [0.1, 0.15) is 38.5 Å². The Balaban J connectivity index is 2.35. The van der Waals surface area contributed by atoms with Crippen molar-refractivity contribution in [2.45, 2.75) is 38.5 Å². The summed E-state index contributed by atoms with van der Waals surface area (Å²) in [6.45, 7) is 0. The predicted molar refractivity (Wildman–Crippen MR) is 49.6 cm³/mol. The van der Waals surface area contributed by atoms with Crippen LogP contribution in [-0.2, 0) is 4.79 Å². The fourth-order valence-electron chi connectivity index (χ4n) is 1.51. The maximum atomic E-state index is 10.8. The third kappa shape index (κ3) is 2.92. The minimum absolute atomic E-state index is 0.104. The summed E-state index contributed by atoms with van der Waals surface area (Å²) < 4.78 is 0. The maximum Gasteiger partial charge on any atom is 0.208 e. The minimum atomic E-state index is -0.104. The number of hydrogen-bond acceptors (Lipinski definition) is 1. The molecule has 1 aliphatic carbocycles. The van der Waals surface area contributed by atoms with Crippen LogP contribution in [-0.4, -0.2) is 5.78 Å². The Morgan fingerprint density at radius 3 is 2.67 bits per heavy atom. The molecule has 0 aromatic heterocycles. The van der Waals surface area contributed by atoms with Gasteiger partial charge < -0.3 is 0 Å². The lowest BCUT2D eigenvalue weighted by Crippen LogP contribution is -1.96. The van der Waals surface area contributed by atoms with Crippen LogP contribution in [0.3, 0.4) is 0 Å². The van der Waals surface area contributed by atoms with E-state index in [9.17, 15) is 4.79 Å². The van der Waals surface area contributed by atoms with Gasteiger partial charge in [0.25, 0.3) is 0 Å². The minimum Gasteiger partial charge on any atom is -0.285 e. The number of Topliss-reactive ketones (excluding diaryl/α,β-unsaturated/α-hetero) is 1. The van der Waals surface area contributed by atoms with Crippen LogP contribution < -0.4 is 0 Å². The van der Waals surface area contributed by atoms with Crippen molar-refractivity contribution in [3.8, 4) is 12.3 Å². The molecule has 12 heavy (non-hydrogen) atoms. The Morgan fingerprint density at radius 1 is 1.42 bits per heavy atom. The van der Waals surface area contributed by atoms with Gasteiger partial charge in [-0.3, -0.25) is 4.79 Å². The highest BCUT2D eigenvalue weighted by molar-refractivity contribution is 5.95. The molecule has 0 saturated heterocycles. The number of carbonyl (C=O) groups is 1. The molecule has 0 unspecified atom stereocenters. The van der Waals surface area contributed by atoms with Gasteiger partial charge in [-0.25, -0.2) is 0 Å². The smallest absolute Gasteiger partial charge is 0.208 e. The molecule has 64 valence electrons. The van der Waals surface area contributed by atoms with E-state index >= 15 is 0 Å². The second-order valence-electron chi connectivity index (χ2n) is 3.19. The summed E-state index contributed by atoms with van der Waals surface area (Å²) in [7, 11) is 0. The Morgan fingerprint density at radius 2 is 2.08 bits per heavy atom. The Kier molecular flexibility index (Phi) is 3.60. The first-order valence-electron chi connectivity index (χ1n) is 4.50. The SMILES string of the molecule is C#CC(=O)CC=C1CCCCC1. The average molecular weight is 162 g/mol. The van der Waals surface area contributed by atoms with Crippen molar-refractivity contribution in [1.82, 2.24) is 0 Å². The summed E-state index contributed by atoms with van der Waals surface area (Å²) in [5.74, 6) is 2.02. The van der Waals surface area contributed by atoms with E-state index in [4.69, 9.17) is 6.42 Å². The van der Waals surface area contributed by atoms with Gasteiger partial charge in [-0.1, -0.05) is 18.1 Å². The lowest BCUT2D eigenvalue weighted by atomic mass is 9.94. The number of rotatable bonds is 2. The van der Waals surface area contributed by atoms with Crippen molar-refractivity contribution in [3.05, 3.63) is 11.6 Å². The Hall–Kier alpha value is -1.03. The van der Waals surface area contributed by atoms with Crippen LogP contribution in [0.5, 0.6) is 0 Å². The van der Waals surface area contributed by atoms with Crippen LogP contribution in [0.4, 0.5) is 0 Å². The van der Waals surface area contributed by atoms with Crippen molar-refractivity contribution in [2.75, 3.05) is 0 Å². The molecule has 0 spiro atoms. The Bertz CT molecular complexity index is 222. The lowest BCUT2D eigenvalue weighted by molar-refractivity contribution is -0.113. The number of ketones is 1. The summed E-state index contributed by atoms with van der Waals surface area (Å²) in [6, 6.07) is 0. The van der Waals surface area contributed by atoms with Gasteiger partial charge in [0.2, 0.25) is 5.78 Å². The molecule has 0 aromatic rings. The molecule has 0 atom stereocenters. The highest BCUT2D eigenvalue weighted by atomic mass is 16.1. The second kappa shape index (κ2) is 4.77. The number of hydrogen-bond donors (Lipinski definition) is 0. The molecule has 0 radical (unpaired) electrons. The van der Waals surface area contributed by atoms with E-state index in [1.54, 1.807) is 0 Å². The van der Waals surface area contributed by atoms with E-state index in [0.717, 1.165) is 12.8 Å². The standard InChI is InChI=1S/C11H14O/c1-2-11(12)9-8-10-6-4-3-5-7-10/h1,8H,3-7,9H2. The predicted octanol–water partition coefficient (Wildman–Crippen LogP) is 2.47. The average Bonchev–Trinajstić information content (AvgIpc) is 2.16. The molecule has 1 saturated carbocycles. The van der Waals surface area contributed by atoms with Gasteiger partial charge in [0.05, 0.1) is 0 Å². The monoisotopic (exact) mass is 162 g/mol. The molecule has 0 amide bonds. The van der Waals surface area contributed by atoms with Gasteiger partial charge in [0, 0.05) is 6.42 Å². The third-order valence-electron chi connectivity index (χ3n) is 2.23. The second-order valence-corrected chi connectivity index (χ2v) is 3.19. The summed E-state index contributed by atoms with van der Waals surface area (Å²) in [6.07, 6.45) is 13.6. The first-order chi connectivity index (χ1) is 5.83. The molecule has 0 N–H and O–H groups in total. The highest BCUT2D eigenvalue weighted by Crippen LogP contribution is 2.22. The Labute approximate surface area is 73.9 Å². The van der Waals surface area contributed by atoms with Gasteiger partial charge in [-0.05, 0) is 31.6 Å². The molecule has 1 rings (SSSR count). The molecule has 0 heterocycles. The fraction of sp³-hybridized carbons (Fsp3) is 0.545. The fourth-order valence-corrected chi connectivity index (χ4v) is 1.51. The van der Waals surface area contributed by atoms with Crippen molar-refractivity contribution < 1.29 is 4.79 Å². The van der Waals surface area contributed by atoms with E-state index in [0.29, 0.717) is 6.42 Å².